The minimum atomic E-state index is -0.194. The van der Waals surface area contributed by atoms with E-state index in [-0.39, 0.29) is 17.3 Å². The molecule has 0 atom stereocenters. The maximum Gasteiger partial charge on any atom is 0.231 e. The highest BCUT2D eigenvalue weighted by atomic mass is 35.5. The molecule has 118 valence electrons. The Kier molecular flexibility index (Phi) is 4.11. The third-order valence-electron chi connectivity index (χ3n) is 3.54. The fourth-order valence-electron chi connectivity index (χ4n) is 2.51. The summed E-state index contributed by atoms with van der Waals surface area (Å²) in [6, 6.07) is 10.3. The zero-order valence-corrected chi connectivity index (χ0v) is 13.6. The Morgan fingerprint density at radius 3 is 2.74 bits per heavy atom. The fraction of sp³-hybridized carbons (Fsp3) is 0.167. The maximum absolute atomic E-state index is 12.5. The van der Waals surface area contributed by atoms with Crippen LogP contribution < -0.4 is 4.74 Å². The summed E-state index contributed by atoms with van der Waals surface area (Å²) in [7, 11) is 3.77. The molecule has 0 aromatic heterocycles. The molecule has 1 aliphatic rings. The van der Waals surface area contributed by atoms with Gasteiger partial charge in [-0.2, -0.15) is 0 Å². The Hall–Kier alpha value is -2.30. The standard InChI is InChI=1S/C18H16ClNO3/c1-20(2)10-14-15(21)7-6-13-17(22)16(23-18(13)14)9-11-4-3-5-12(19)8-11/h3-9,21H,10H2,1-2H3/b16-9+. The van der Waals surface area contributed by atoms with Crippen molar-refractivity contribution in [3.8, 4) is 11.5 Å². The topological polar surface area (TPSA) is 49.8 Å². The number of hydrogen-bond donors (Lipinski definition) is 1. The van der Waals surface area contributed by atoms with Gasteiger partial charge in [-0.25, -0.2) is 0 Å². The van der Waals surface area contributed by atoms with Gasteiger partial charge in [-0.05, 0) is 50.0 Å². The molecule has 0 spiro atoms. The Morgan fingerprint density at radius 2 is 2.04 bits per heavy atom. The lowest BCUT2D eigenvalue weighted by atomic mass is 10.0. The Bertz CT molecular complexity index is 812. The molecule has 0 fully saturated rings. The molecule has 0 saturated carbocycles. The van der Waals surface area contributed by atoms with E-state index in [9.17, 15) is 9.90 Å². The summed E-state index contributed by atoms with van der Waals surface area (Å²) in [6.07, 6.45) is 1.66. The highest BCUT2D eigenvalue weighted by molar-refractivity contribution is 6.30. The monoisotopic (exact) mass is 329 g/mol. The van der Waals surface area contributed by atoms with Crippen molar-refractivity contribution in [2.75, 3.05) is 14.1 Å². The van der Waals surface area contributed by atoms with Crippen LogP contribution in [-0.4, -0.2) is 29.9 Å². The average molecular weight is 330 g/mol. The first-order chi connectivity index (χ1) is 11.0. The predicted octanol–water partition coefficient (Wildman–Crippen LogP) is 3.72. The first-order valence-electron chi connectivity index (χ1n) is 7.15. The minimum Gasteiger partial charge on any atom is -0.507 e. The van der Waals surface area contributed by atoms with Crippen LogP contribution in [0.25, 0.3) is 6.08 Å². The number of fused-ring (bicyclic) bond motifs is 1. The van der Waals surface area contributed by atoms with Crippen LogP contribution in [0, 0.1) is 0 Å². The van der Waals surface area contributed by atoms with E-state index >= 15 is 0 Å². The molecule has 0 bridgehead atoms. The number of hydrogen-bond acceptors (Lipinski definition) is 4. The van der Waals surface area contributed by atoms with E-state index in [2.05, 4.69) is 0 Å². The molecule has 2 aromatic carbocycles. The lowest BCUT2D eigenvalue weighted by molar-refractivity contribution is 0.101. The number of ether oxygens (including phenoxy) is 1. The zero-order chi connectivity index (χ0) is 16.6. The summed E-state index contributed by atoms with van der Waals surface area (Å²) in [5, 5.41) is 10.7. The second-order valence-electron chi connectivity index (χ2n) is 5.67. The van der Waals surface area contributed by atoms with E-state index in [1.807, 2.05) is 31.1 Å². The summed E-state index contributed by atoms with van der Waals surface area (Å²) in [5.74, 6) is 0.582. The number of rotatable bonds is 3. The van der Waals surface area contributed by atoms with Crippen LogP contribution >= 0.6 is 11.6 Å². The van der Waals surface area contributed by atoms with Crippen molar-refractivity contribution in [1.29, 1.82) is 0 Å². The van der Waals surface area contributed by atoms with Gasteiger partial charge in [0.1, 0.15) is 11.5 Å². The molecule has 0 saturated heterocycles. The number of aromatic hydroxyl groups is 1. The van der Waals surface area contributed by atoms with E-state index in [4.69, 9.17) is 16.3 Å². The highest BCUT2D eigenvalue weighted by Gasteiger charge is 2.31. The number of carbonyl (C=O) groups excluding carboxylic acids is 1. The number of ketones is 1. The van der Waals surface area contributed by atoms with E-state index < -0.39 is 0 Å². The van der Waals surface area contributed by atoms with Gasteiger partial charge in [0.2, 0.25) is 5.78 Å². The second kappa shape index (κ2) is 6.07. The van der Waals surface area contributed by atoms with Crippen LogP contribution in [0.1, 0.15) is 21.5 Å². The minimum absolute atomic E-state index is 0.120. The molecule has 0 aliphatic carbocycles. The van der Waals surface area contributed by atoms with Crippen LogP contribution in [0.4, 0.5) is 0 Å². The van der Waals surface area contributed by atoms with Crippen LogP contribution in [-0.2, 0) is 6.54 Å². The molecule has 23 heavy (non-hydrogen) atoms. The SMILES string of the molecule is CN(C)Cc1c(O)ccc2c1O/C(=C/c1cccc(Cl)c1)C2=O. The van der Waals surface area contributed by atoms with Crippen LogP contribution in [0.5, 0.6) is 11.5 Å². The van der Waals surface area contributed by atoms with Gasteiger partial charge in [-0.15, -0.1) is 0 Å². The number of Topliss-reactive ketones (excluding diaryl/α,β-unsaturated/α-hetero) is 1. The lowest BCUT2D eigenvalue weighted by Crippen LogP contribution is -2.11. The number of allylic oxidation sites excluding steroid dienone is 1. The largest absolute Gasteiger partial charge is 0.507 e. The Balaban J connectivity index is 2.02. The summed E-state index contributed by atoms with van der Waals surface area (Å²) >= 11 is 5.97. The third kappa shape index (κ3) is 3.09. The van der Waals surface area contributed by atoms with Crippen LogP contribution in [0.15, 0.2) is 42.2 Å². The first-order valence-corrected chi connectivity index (χ1v) is 7.53. The van der Waals surface area contributed by atoms with Gasteiger partial charge in [0.15, 0.2) is 5.76 Å². The zero-order valence-electron chi connectivity index (χ0n) is 12.8. The molecule has 5 heteroatoms. The van der Waals surface area contributed by atoms with Crippen molar-refractivity contribution in [1.82, 2.24) is 4.90 Å². The normalized spacial score (nSPS) is 15.1. The molecule has 1 N–H and O–H groups in total. The highest BCUT2D eigenvalue weighted by Crippen LogP contribution is 2.39. The molecular weight excluding hydrogens is 314 g/mol. The van der Waals surface area contributed by atoms with Gasteiger partial charge < -0.3 is 14.7 Å². The van der Waals surface area contributed by atoms with E-state index in [1.54, 1.807) is 24.3 Å². The number of phenolic OH excluding ortho intramolecular Hbond substituents is 1. The van der Waals surface area contributed by atoms with Crippen LogP contribution in [0.2, 0.25) is 5.02 Å². The fourth-order valence-corrected chi connectivity index (χ4v) is 2.71. The smallest absolute Gasteiger partial charge is 0.231 e. The maximum atomic E-state index is 12.5. The van der Waals surface area contributed by atoms with Crippen molar-refractivity contribution in [2.45, 2.75) is 6.54 Å². The van der Waals surface area contributed by atoms with Crippen molar-refractivity contribution >= 4 is 23.5 Å². The van der Waals surface area contributed by atoms with Crippen molar-refractivity contribution in [2.24, 2.45) is 0 Å². The van der Waals surface area contributed by atoms with Crippen molar-refractivity contribution in [3.63, 3.8) is 0 Å². The van der Waals surface area contributed by atoms with Gasteiger partial charge in [-0.1, -0.05) is 23.7 Å². The van der Waals surface area contributed by atoms with Crippen LogP contribution in [0.3, 0.4) is 0 Å². The summed E-state index contributed by atoms with van der Waals surface area (Å²) in [4.78, 5) is 14.4. The second-order valence-corrected chi connectivity index (χ2v) is 6.11. The quantitative estimate of drug-likeness (QED) is 0.872. The molecule has 1 aliphatic heterocycles. The van der Waals surface area contributed by atoms with Gasteiger partial charge in [0.05, 0.1) is 11.1 Å². The molecule has 3 rings (SSSR count). The molecule has 0 unspecified atom stereocenters. The van der Waals surface area contributed by atoms with Gasteiger partial charge in [-0.3, -0.25) is 4.79 Å². The number of nitrogens with zero attached hydrogens (tertiary/aromatic N) is 1. The molecule has 4 nitrogen and oxygen atoms in total. The predicted molar refractivity (Wildman–Crippen MR) is 89.9 cm³/mol. The van der Waals surface area contributed by atoms with E-state index in [1.165, 1.54) is 6.07 Å². The van der Waals surface area contributed by atoms with E-state index in [0.717, 1.165) is 5.56 Å². The number of carbonyl (C=O) groups is 1. The average Bonchev–Trinajstić information content (AvgIpc) is 2.79. The molecule has 1 heterocycles. The summed E-state index contributed by atoms with van der Waals surface area (Å²) in [5.41, 5.74) is 1.86. The molecule has 0 amide bonds. The van der Waals surface area contributed by atoms with Gasteiger partial charge in [0.25, 0.3) is 0 Å². The van der Waals surface area contributed by atoms with Crippen molar-refractivity contribution < 1.29 is 14.6 Å². The van der Waals surface area contributed by atoms with Gasteiger partial charge in [0, 0.05) is 11.6 Å². The Morgan fingerprint density at radius 1 is 1.26 bits per heavy atom. The van der Waals surface area contributed by atoms with E-state index in [0.29, 0.717) is 28.4 Å². The molecule has 2 aromatic rings. The molecular formula is C18H16ClNO3. The summed E-state index contributed by atoms with van der Waals surface area (Å²) < 4.78 is 5.76. The molecule has 0 radical (unpaired) electrons. The third-order valence-corrected chi connectivity index (χ3v) is 3.77. The lowest BCUT2D eigenvalue weighted by Gasteiger charge is -2.13. The Labute approximate surface area is 139 Å². The number of benzene rings is 2. The number of halogens is 1. The number of phenols is 1. The summed E-state index contributed by atoms with van der Waals surface area (Å²) in [6.45, 7) is 0.479. The first kappa shape index (κ1) is 15.6. The van der Waals surface area contributed by atoms with Crippen molar-refractivity contribution in [3.05, 3.63) is 63.9 Å². The van der Waals surface area contributed by atoms with Gasteiger partial charge >= 0.3 is 0 Å².